The third-order valence-corrected chi connectivity index (χ3v) is 4.04. The van der Waals surface area contributed by atoms with E-state index in [1.54, 1.807) is 6.26 Å². The first-order valence-electron chi connectivity index (χ1n) is 6.86. The Morgan fingerprint density at radius 3 is 2.35 bits per heavy atom. The summed E-state index contributed by atoms with van der Waals surface area (Å²) in [6.07, 6.45) is 1.74. The Balaban J connectivity index is 2.57. The molecule has 0 bridgehead atoms. The van der Waals surface area contributed by atoms with Crippen molar-refractivity contribution in [2.75, 3.05) is 0 Å². The molecule has 3 aromatic rings. The van der Waals surface area contributed by atoms with Crippen LogP contribution in [-0.2, 0) is 0 Å². The van der Waals surface area contributed by atoms with Crippen molar-refractivity contribution in [3.8, 4) is 0 Å². The molecule has 2 aromatic heterocycles. The Bertz CT molecular complexity index is 879. The van der Waals surface area contributed by atoms with Crippen LogP contribution in [0.3, 0.4) is 0 Å². The summed E-state index contributed by atoms with van der Waals surface area (Å²) in [5.41, 5.74) is 4.96. The highest BCUT2D eigenvalue weighted by Gasteiger charge is 2.18. The van der Waals surface area contributed by atoms with Crippen molar-refractivity contribution >= 4 is 21.9 Å². The molecule has 1 aromatic carbocycles. The standard InChI is InChI=1S/C17H18O3/c1-8(2)14-10(4)13-6-12-9(3)7-19-15(12)11(5)16(13)20-17(14)18/h6-8H,1-5H3. The zero-order valence-electron chi connectivity index (χ0n) is 12.5. The van der Waals surface area contributed by atoms with Gasteiger partial charge in [-0.1, -0.05) is 13.8 Å². The van der Waals surface area contributed by atoms with E-state index in [-0.39, 0.29) is 11.5 Å². The molecule has 104 valence electrons. The maximum Gasteiger partial charge on any atom is 0.339 e. The minimum Gasteiger partial charge on any atom is -0.464 e. The highest BCUT2D eigenvalue weighted by molar-refractivity contribution is 5.99. The van der Waals surface area contributed by atoms with Gasteiger partial charge in [-0.3, -0.25) is 0 Å². The Labute approximate surface area is 117 Å². The molecule has 3 nitrogen and oxygen atoms in total. The van der Waals surface area contributed by atoms with E-state index in [1.165, 1.54) is 0 Å². The van der Waals surface area contributed by atoms with Crippen LogP contribution in [0.4, 0.5) is 0 Å². The van der Waals surface area contributed by atoms with Gasteiger partial charge in [0.25, 0.3) is 0 Å². The summed E-state index contributed by atoms with van der Waals surface area (Å²) in [6.45, 7) is 9.98. The van der Waals surface area contributed by atoms with Crippen molar-refractivity contribution in [1.82, 2.24) is 0 Å². The van der Waals surface area contributed by atoms with Gasteiger partial charge in [0.05, 0.1) is 6.26 Å². The minimum atomic E-state index is -0.240. The summed E-state index contributed by atoms with van der Waals surface area (Å²) in [5.74, 6) is 0.150. The van der Waals surface area contributed by atoms with E-state index in [2.05, 4.69) is 6.07 Å². The van der Waals surface area contributed by atoms with E-state index in [0.717, 1.165) is 38.6 Å². The molecule has 0 aliphatic rings. The molecule has 0 saturated carbocycles. The Kier molecular flexibility index (Phi) is 2.75. The van der Waals surface area contributed by atoms with Gasteiger partial charge in [0.15, 0.2) is 0 Å². The predicted molar refractivity (Wildman–Crippen MR) is 80.6 cm³/mol. The first-order chi connectivity index (χ1) is 9.41. The van der Waals surface area contributed by atoms with E-state index < -0.39 is 0 Å². The molecule has 0 radical (unpaired) electrons. The van der Waals surface area contributed by atoms with Crippen LogP contribution >= 0.6 is 0 Å². The summed E-state index contributed by atoms with van der Waals surface area (Å²) < 4.78 is 11.2. The van der Waals surface area contributed by atoms with E-state index in [0.29, 0.717) is 5.58 Å². The van der Waals surface area contributed by atoms with Gasteiger partial charge in [0.1, 0.15) is 11.2 Å². The number of aryl methyl sites for hydroxylation is 3. The van der Waals surface area contributed by atoms with Crippen LogP contribution in [0.15, 0.2) is 26.0 Å². The van der Waals surface area contributed by atoms with E-state index in [9.17, 15) is 4.79 Å². The second-order valence-electron chi connectivity index (χ2n) is 5.76. The second kappa shape index (κ2) is 4.23. The highest BCUT2D eigenvalue weighted by atomic mass is 16.4. The monoisotopic (exact) mass is 270 g/mol. The largest absolute Gasteiger partial charge is 0.464 e. The van der Waals surface area contributed by atoms with Gasteiger partial charge in [-0.15, -0.1) is 0 Å². The van der Waals surface area contributed by atoms with Crippen LogP contribution in [0.5, 0.6) is 0 Å². The topological polar surface area (TPSA) is 43.4 Å². The molecule has 0 fully saturated rings. The molecule has 3 rings (SSSR count). The van der Waals surface area contributed by atoms with Gasteiger partial charge in [-0.2, -0.15) is 0 Å². The summed E-state index contributed by atoms with van der Waals surface area (Å²) in [6, 6.07) is 2.07. The van der Waals surface area contributed by atoms with Crippen LogP contribution in [0.1, 0.15) is 42.0 Å². The fourth-order valence-electron chi connectivity index (χ4n) is 2.96. The summed E-state index contributed by atoms with van der Waals surface area (Å²) in [5, 5.41) is 2.09. The van der Waals surface area contributed by atoms with E-state index >= 15 is 0 Å². The van der Waals surface area contributed by atoms with Crippen molar-refractivity contribution in [2.24, 2.45) is 0 Å². The first kappa shape index (κ1) is 13.0. The molecule has 20 heavy (non-hydrogen) atoms. The minimum absolute atomic E-state index is 0.150. The average Bonchev–Trinajstić information content (AvgIpc) is 2.73. The normalized spacial score (nSPS) is 11.9. The molecule has 0 amide bonds. The number of hydrogen-bond acceptors (Lipinski definition) is 3. The molecule has 0 saturated heterocycles. The lowest BCUT2D eigenvalue weighted by atomic mass is 9.95. The fourth-order valence-corrected chi connectivity index (χ4v) is 2.96. The lowest BCUT2D eigenvalue weighted by Gasteiger charge is -2.12. The number of furan rings is 1. The highest BCUT2D eigenvalue weighted by Crippen LogP contribution is 2.33. The van der Waals surface area contributed by atoms with Gasteiger partial charge in [0.2, 0.25) is 0 Å². The van der Waals surface area contributed by atoms with Crippen molar-refractivity contribution in [2.45, 2.75) is 40.5 Å². The Morgan fingerprint density at radius 2 is 1.70 bits per heavy atom. The summed E-state index contributed by atoms with van der Waals surface area (Å²) in [7, 11) is 0. The lowest BCUT2D eigenvalue weighted by molar-refractivity contribution is 0.538. The zero-order chi connectivity index (χ0) is 14.6. The molecule has 0 aliphatic heterocycles. The van der Waals surface area contributed by atoms with Gasteiger partial charge in [-0.05, 0) is 43.9 Å². The third-order valence-electron chi connectivity index (χ3n) is 4.04. The second-order valence-corrected chi connectivity index (χ2v) is 5.76. The summed E-state index contributed by atoms with van der Waals surface area (Å²) in [4.78, 5) is 12.2. The van der Waals surface area contributed by atoms with Gasteiger partial charge in [-0.25, -0.2) is 4.79 Å². The first-order valence-corrected chi connectivity index (χ1v) is 6.86. The molecule has 3 heteroatoms. The van der Waals surface area contributed by atoms with Crippen LogP contribution in [0.2, 0.25) is 0 Å². The van der Waals surface area contributed by atoms with E-state index in [4.69, 9.17) is 8.83 Å². The molecule has 0 atom stereocenters. The van der Waals surface area contributed by atoms with Gasteiger partial charge in [0, 0.05) is 21.9 Å². The van der Waals surface area contributed by atoms with Crippen molar-refractivity contribution in [1.29, 1.82) is 0 Å². The quantitative estimate of drug-likeness (QED) is 0.607. The molecular weight excluding hydrogens is 252 g/mol. The molecule has 0 spiro atoms. The Morgan fingerprint density at radius 1 is 1.00 bits per heavy atom. The van der Waals surface area contributed by atoms with Gasteiger partial charge < -0.3 is 8.83 Å². The maximum atomic E-state index is 12.2. The molecule has 0 N–H and O–H groups in total. The van der Waals surface area contributed by atoms with Crippen molar-refractivity contribution in [3.63, 3.8) is 0 Å². The fraction of sp³-hybridized carbons (Fsp3) is 0.353. The third kappa shape index (κ3) is 1.62. The number of fused-ring (bicyclic) bond motifs is 2. The van der Waals surface area contributed by atoms with Crippen LogP contribution in [0.25, 0.3) is 21.9 Å². The molecule has 2 heterocycles. The maximum absolute atomic E-state index is 12.2. The molecular formula is C17H18O3. The number of rotatable bonds is 1. The SMILES string of the molecule is Cc1coc2c(C)c3oc(=O)c(C(C)C)c(C)c3cc12. The van der Waals surface area contributed by atoms with Crippen LogP contribution < -0.4 is 5.63 Å². The van der Waals surface area contributed by atoms with E-state index in [1.807, 2.05) is 34.6 Å². The van der Waals surface area contributed by atoms with Crippen molar-refractivity contribution < 1.29 is 8.83 Å². The molecule has 0 unspecified atom stereocenters. The van der Waals surface area contributed by atoms with Crippen LogP contribution in [-0.4, -0.2) is 0 Å². The average molecular weight is 270 g/mol. The Hall–Kier alpha value is -2.03. The number of hydrogen-bond donors (Lipinski definition) is 0. The molecule has 0 aliphatic carbocycles. The lowest BCUT2D eigenvalue weighted by Crippen LogP contribution is -2.12. The van der Waals surface area contributed by atoms with Crippen LogP contribution in [0, 0.1) is 20.8 Å². The predicted octanol–water partition coefficient (Wildman–Crippen LogP) is 4.59. The number of benzene rings is 1. The zero-order valence-corrected chi connectivity index (χ0v) is 12.5. The summed E-state index contributed by atoms with van der Waals surface area (Å²) >= 11 is 0. The van der Waals surface area contributed by atoms with Crippen molar-refractivity contribution in [3.05, 3.63) is 45.0 Å². The smallest absolute Gasteiger partial charge is 0.339 e. The van der Waals surface area contributed by atoms with Gasteiger partial charge >= 0.3 is 5.63 Å².